The molecule has 1 amide bonds. The Kier molecular flexibility index (Phi) is 3.94. The third-order valence-electron chi connectivity index (χ3n) is 3.80. The summed E-state index contributed by atoms with van der Waals surface area (Å²) in [7, 11) is 3.11. The van der Waals surface area contributed by atoms with Crippen LogP contribution in [-0.4, -0.2) is 29.7 Å². The molecule has 0 fully saturated rings. The van der Waals surface area contributed by atoms with Crippen LogP contribution in [0.4, 0.5) is 0 Å². The largest absolute Gasteiger partial charge is 0.331 e. The van der Waals surface area contributed by atoms with Gasteiger partial charge in [0.05, 0.1) is 7.11 Å². The monoisotopic (exact) mass is 294 g/mol. The first kappa shape index (κ1) is 14.4. The Morgan fingerprint density at radius 3 is 2.50 bits per heavy atom. The summed E-state index contributed by atoms with van der Waals surface area (Å²) >= 11 is 0. The van der Waals surface area contributed by atoms with Gasteiger partial charge in [-0.25, -0.2) is 5.06 Å². The Bertz CT molecular complexity index is 793. The molecular formula is C18H18N2O2. The van der Waals surface area contributed by atoms with Gasteiger partial charge in [0.2, 0.25) is 0 Å². The van der Waals surface area contributed by atoms with Crippen molar-refractivity contribution >= 4 is 16.8 Å². The zero-order valence-corrected chi connectivity index (χ0v) is 12.7. The van der Waals surface area contributed by atoms with Crippen LogP contribution in [0.2, 0.25) is 0 Å². The van der Waals surface area contributed by atoms with Gasteiger partial charge in [0.25, 0.3) is 5.91 Å². The summed E-state index contributed by atoms with van der Waals surface area (Å²) in [6.07, 6.45) is 0. The van der Waals surface area contributed by atoms with E-state index in [9.17, 15) is 4.79 Å². The van der Waals surface area contributed by atoms with Gasteiger partial charge in [-0.15, -0.1) is 0 Å². The maximum atomic E-state index is 12.2. The predicted molar refractivity (Wildman–Crippen MR) is 87.2 cm³/mol. The molecule has 0 radical (unpaired) electrons. The summed E-state index contributed by atoms with van der Waals surface area (Å²) in [5.41, 5.74) is 3.16. The molecule has 112 valence electrons. The Labute approximate surface area is 129 Å². The number of nitrogens with zero attached hydrogens (tertiary/aromatic N) is 2. The van der Waals surface area contributed by atoms with Crippen LogP contribution in [0, 0.1) is 0 Å². The summed E-state index contributed by atoms with van der Waals surface area (Å²) in [6.45, 7) is 0.238. The first-order valence-corrected chi connectivity index (χ1v) is 7.15. The molecule has 0 saturated carbocycles. The standard InChI is InChI=1S/C18H18N2O2/c1-19(22-2)18(21)13-20-16-11-7-6-10-15(16)12-17(20)14-8-4-3-5-9-14/h3-12H,13H2,1-2H3. The van der Waals surface area contributed by atoms with Crippen molar-refractivity contribution in [1.29, 1.82) is 0 Å². The van der Waals surface area contributed by atoms with Crippen molar-refractivity contribution in [1.82, 2.24) is 9.63 Å². The van der Waals surface area contributed by atoms with E-state index in [4.69, 9.17) is 4.84 Å². The molecule has 0 unspecified atom stereocenters. The van der Waals surface area contributed by atoms with Crippen LogP contribution < -0.4 is 0 Å². The second-order valence-electron chi connectivity index (χ2n) is 5.11. The highest BCUT2D eigenvalue weighted by atomic mass is 16.7. The van der Waals surface area contributed by atoms with Crippen molar-refractivity contribution in [2.75, 3.05) is 14.2 Å². The molecule has 0 spiro atoms. The second-order valence-corrected chi connectivity index (χ2v) is 5.11. The lowest BCUT2D eigenvalue weighted by Gasteiger charge is -2.16. The number of benzene rings is 2. The highest BCUT2D eigenvalue weighted by molar-refractivity contribution is 5.89. The summed E-state index contributed by atoms with van der Waals surface area (Å²) in [4.78, 5) is 17.2. The first-order valence-electron chi connectivity index (χ1n) is 7.15. The number of hydrogen-bond acceptors (Lipinski definition) is 2. The van der Waals surface area contributed by atoms with Crippen molar-refractivity contribution in [3.8, 4) is 11.3 Å². The molecule has 0 bridgehead atoms. The van der Waals surface area contributed by atoms with E-state index in [1.807, 2.05) is 41.0 Å². The number of hydrogen-bond donors (Lipinski definition) is 0. The Morgan fingerprint density at radius 2 is 1.77 bits per heavy atom. The minimum Gasteiger partial charge on any atom is -0.331 e. The molecule has 3 rings (SSSR count). The summed E-state index contributed by atoms with van der Waals surface area (Å²) < 4.78 is 2.03. The highest BCUT2D eigenvalue weighted by Crippen LogP contribution is 2.28. The lowest BCUT2D eigenvalue weighted by Crippen LogP contribution is -2.29. The summed E-state index contributed by atoms with van der Waals surface area (Å²) in [5, 5.41) is 2.37. The SMILES string of the molecule is CON(C)C(=O)Cn1c(-c2ccccc2)cc2ccccc21. The molecule has 1 aromatic heterocycles. The van der Waals surface area contributed by atoms with Crippen molar-refractivity contribution in [3.63, 3.8) is 0 Å². The Hall–Kier alpha value is -2.59. The van der Waals surface area contributed by atoms with Crippen LogP contribution in [0.5, 0.6) is 0 Å². The fourth-order valence-electron chi connectivity index (χ4n) is 2.57. The van der Waals surface area contributed by atoms with Crippen molar-refractivity contribution in [3.05, 3.63) is 60.7 Å². The van der Waals surface area contributed by atoms with Crippen LogP contribution >= 0.6 is 0 Å². The van der Waals surface area contributed by atoms with Gasteiger partial charge < -0.3 is 4.57 Å². The molecule has 1 heterocycles. The van der Waals surface area contributed by atoms with Crippen LogP contribution in [0.25, 0.3) is 22.2 Å². The fourth-order valence-corrected chi connectivity index (χ4v) is 2.57. The van der Waals surface area contributed by atoms with Gasteiger partial charge in [-0.1, -0.05) is 48.5 Å². The van der Waals surface area contributed by atoms with Gasteiger partial charge in [0.1, 0.15) is 6.54 Å². The molecular weight excluding hydrogens is 276 g/mol. The molecule has 0 saturated heterocycles. The molecule has 0 N–H and O–H groups in total. The number of carbonyl (C=O) groups excluding carboxylic acids is 1. The number of amides is 1. The quantitative estimate of drug-likeness (QED) is 0.692. The van der Waals surface area contributed by atoms with E-state index >= 15 is 0 Å². The topological polar surface area (TPSA) is 34.5 Å². The number of hydroxylamine groups is 2. The average molecular weight is 294 g/mol. The minimum atomic E-state index is -0.0963. The molecule has 3 aromatic rings. The van der Waals surface area contributed by atoms with Gasteiger partial charge in [-0.3, -0.25) is 9.63 Å². The van der Waals surface area contributed by atoms with Gasteiger partial charge in [0.15, 0.2) is 0 Å². The highest BCUT2D eigenvalue weighted by Gasteiger charge is 2.15. The first-order chi connectivity index (χ1) is 10.7. The number of aromatic nitrogens is 1. The van der Waals surface area contributed by atoms with E-state index in [0.717, 1.165) is 22.2 Å². The molecule has 2 aromatic carbocycles. The van der Waals surface area contributed by atoms with E-state index in [0.29, 0.717) is 0 Å². The van der Waals surface area contributed by atoms with Gasteiger partial charge in [-0.2, -0.15) is 0 Å². The van der Waals surface area contributed by atoms with E-state index in [2.05, 4.69) is 24.3 Å². The number of rotatable bonds is 4. The summed E-state index contributed by atoms with van der Waals surface area (Å²) in [6, 6.07) is 20.3. The number of para-hydroxylation sites is 1. The minimum absolute atomic E-state index is 0.0963. The van der Waals surface area contributed by atoms with Gasteiger partial charge in [0, 0.05) is 23.6 Å². The molecule has 0 aliphatic rings. The van der Waals surface area contributed by atoms with E-state index < -0.39 is 0 Å². The van der Waals surface area contributed by atoms with Crippen molar-refractivity contribution in [2.24, 2.45) is 0 Å². The van der Waals surface area contributed by atoms with Crippen LogP contribution in [-0.2, 0) is 16.2 Å². The molecule has 0 aliphatic carbocycles. The van der Waals surface area contributed by atoms with Gasteiger partial charge >= 0.3 is 0 Å². The number of fused-ring (bicyclic) bond motifs is 1. The predicted octanol–water partition coefficient (Wildman–Crippen LogP) is 3.33. The molecule has 4 nitrogen and oxygen atoms in total. The van der Waals surface area contributed by atoms with Crippen molar-refractivity contribution < 1.29 is 9.63 Å². The Balaban J connectivity index is 2.12. The zero-order chi connectivity index (χ0) is 15.5. The third-order valence-corrected chi connectivity index (χ3v) is 3.80. The second kappa shape index (κ2) is 6.03. The summed E-state index contributed by atoms with van der Waals surface area (Å²) in [5.74, 6) is -0.0963. The maximum absolute atomic E-state index is 12.2. The fraction of sp³-hybridized carbons (Fsp3) is 0.167. The molecule has 4 heteroatoms. The van der Waals surface area contributed by atoms with E-state index in [1.54, 1.807) is 7.05 Å². The number of carbonyl (C=O) groups is 1. The van der Waals surface area contributed by atoms with Gasteiger partial charge in [-0.05, 0) is 17.7 Å². The Morgan fingerprint density at radius 1 is 1.09 bits per heavy atom. The van der Waals surface area contributed by atoms with E-state index in [1.165, 1.54) is 12.2 Å². The third kappa shape index (κ3) is 2.61. The normalized spacial score (nSPS) is 10.8. The molecule has 22 heavy (non-hydrogen) atoms. The van der Waals surface area contributed by atoms with Crippen LogP contribution in [0.3, 0.4) is 0 Å². The van der Waals surface area contributed by atoms with Crippen molar-refractivity contribution in [2.45, 2.75) is 6.54 Å². The lowest BCUT2D eigenvalue weighted by molar-refractivity contribution is -0.169. The van der Waals surface area contributed by atoms with Crippen LogP contribution in [0.15, 0.2) is 60.7 Å². The lowest BCUT2D eigenvalue weighted by atomic mass is 10.1. The number of likely N-dealkylation sites (N-methyl/N-ethyl adjacent to an activating group) is 1. The van der Waals surface area contributed by atoms with Crippen LogP contribution in [0.1, 0.15) is 0 Å². The van der Waals surface area contributed by atoms with E-state index in [-0.39, 0.29) is 12.5 Å². The maximum Gasteiger partial charge on any atom is 0.265 e. The average Bonchev–Trinajstić information content (AvgIpc) is 2.93. The smallest absolute Gasteiger partial charge is 0.265 e. The molecule has 0 atom stereocenters. The molecule has 0 aliphatic heterocycles. The zero-order valence-electron chi connectivity index (χ0n) is 12.7.